The van der Waals surface area contributed by atoms with Crippen LogP contribution in [0.5, 0.6) is 0 Å². The summed E-state index contributed by atoms with van der Waals surface area (Å²) in [4.78, 5) is 18.7. The Labute approximate surface area is 179 Å². The lowest BCUT2D eigenvalue weighted by atomic mass is 10.2. The minimum atomic E-state index is -0.0194. The normalized spacial score (nSPS) is 13.9. The fraction of sp³-hybridized carbons (Fsp3) is 0.579. The van der Waals surface area contributed by atoms with Crippen LogP contribution in [0.25, 0.3) is 0 Å². The van der Waals surface area contributed by atoms with Gasteiger partial charge in [0.25, 0.3) is 0 Å². The Bertz CT molecular complexity index is 591. The molecule has 3 N–H and O–H groups in total. The Hall–Kier alpha value is -1.55. The number of ether oxygens (including phenoxy) is 1. The largest absolute Gasteiger partial charge is 0.380 e. The van der Waals surface area contributed by atoms with Gasteiger partial charge in [0.1, 0.15) is 0 Å². The summed E-state index contributed by atoms with van der Waals surface area (Å²) < 4.78 is 5.33. The number of carbonyl (C=O) groups is 1. The summed E-state index contributed by atoms with van der Waals surface area (Å²) >= 11 is 0. The minimum absolute atomic E-state index is 0. The fourth-order valence-electron chi connectivity index (χ4n) is 2.77. The highest BCUT2D eigenvalue weighted by Crippen LogP contribution is 2.14. The number of likely N-dealkylation sites (tertiary alicyclic amines) is 1. The number of urea groups is 1. The van der Waals surface area contributed by atoms with Gasteiger partial charge >= 0.3 is 6.03 Å². The van der Waals surface area contributed by atoms with E-state index >= 15 is 0 Å². The quantitative estimate of drug-likeness (QED) is 0.227. The van der Waals surface area contributed by atoms with Crippen molar-refractivity contribution in [1.82, 2.24) is 15.5 Å². The smallest absolute Gasteiger partial charge is 0.321 e. The second-order valence-electron chi connectivity index (χ2n) is 6.14. The van der Waals surface area contributed by atoms with Crippen molar-refractivity contribution in [2.24, 2.45) is 4.99 Å². The van der Waals surface area contributed by atoms with E-state index < -0.39 is 0 Å². The van der Waals surface area contributed by atoms with Crippen LogP contribution in [0.1, 0.15) is 32.3 Å². The average Bonchev–Trinajstić information content (AvgIpc) is 3.18. The van der Waals surface area contributed by atoms with E-state index in [-0.39, 0.29) is 30.0 Å². The van der Waals surface area contributed by atoms with Crippen molar-refractivity contribution in [3.05, 3.63) is 29.8 Å². The third-order valence-corrected chi connectivity index (χ3v) is 4.08. The molecule has 0 spiro atoms. The first-order chi connectivity index (χ1) is 12.7. The molecule has 8 heteroatoms. The van der Waals surface area contributed by atoms with Crippen molar-refractivity contribution in [1.29, 1.82) is 0 Å². The Morgan fingerprint density at radius 3 is 2.70 bits per heavy atom. The number of nitrogens with one attached hydrogen (secondary N) is 3. The minimum Gasteiger partial charge on any atom is -0.380 e. The Kier molecular flexibility index (Phi) is 11.8. The lowest BCUT2D eigenvalue weighted by Gasteiger charge is -2.16. The summed E-state index contributed by atoms with van der Waals surface area (Å²) in [7, 11) is 0. The molecule has 0 saturated carbocycles. The number of hydrogen-bond donors (Lipinski definition) is 3. The standard InChI is InChI=1S/C19H31N5O2.HI/c1-3-20-18(21-10-13-26-4-2)22-15-16-8-7-9-17(14-16)23-19(25)24-11-5-6-12-24;/h7-9,14H,3-6,10-13,15H2,1-2H3,(H,23,25)(H2,20,21,22);1H. The van der Waals surface area contributed by atoms with Crippen LogP contribution in [-0.2, 0) is 11.3 Å². The second kappa shape index (κ2) is 13.6. The number of amides is 2. The molecule has 1 aliphatic heterocycles. The zero-order valence-corrected chi connectivity index (χ0v) is 18.6. The van der Waals surface area contributed by atoms with Gasteiger partial charge in [-0.25, -0.2) is 9.79 Å². The number of guanidine groups is 1. The molecule has 0 unspecified atom stereocenters. The van der Waals surface area contributed by atoms with Gasteiger partial charge in [0.15, 0.2) is 5.96 Å². The molecule has 27 heavy (non-hydrogen) atoms. The van der Waals surface area contributed by atoms with Crippen LogP contribution in [0.3, 0.4) is 0 Å². The first kappa shape index (κ1) is 23.5. The molecule has 7 nitrogen and oxygen atoms in total. The molecular weight excluding hydrogens is 457 g/mol. The van der Waals surface area contributed by atoms with Gasteiger partial charge in [-0.1, -0.05) is 12.1 Å². The fourth-order valence-corrected chi connectivity index (χ4v) is 2.77. The highest BCUT2D eigenvalue weighted by atomic mass is 127. The molecule has 1 saturated heterocycles. The second-order valence-corrected chi connectivity index (χ2v) is 6.14. The van der Waals surface area contributed by atoms with E-state index in [9.17, 15) is 4.79 Å². The molecule has 2 rings (SSSR count). The molecule has 152 valence electrons. The number of anilines is 1. The molecule has 0 atom stereocenters. The molecule has 2 amide bonds. The van der Waals surface area contributed by atoms with Crippen molar-refractivity contribution < 1.29 is 9.53 Å². The van der Waals surface area contributed by atoms with E-state index in [1.807, 2.05) is 43.0 Å². The highest BCUT2D eigenvalue weighted by Gasteiger charge is 2.17. The maximum Gasteiger partial charge on any atom is 0.321 e. The number of carbonyl (C=O) groups excluding carboxylic acids is 1. The third kappa shape index (κ3) is 8.79. The predicted molar refractivity (Wildman–Crippen MR) is 121 cm³/mol. The van der Waals surface area contributed by atoms with Crippen LogP contribution in [-0.4, -0.2) is 56.3 Å². The molecule has 1 aromatic carbocycles. The predicted octanol–water partition coefficient (Wildman–Crippen LogP) is 3.02. The van der Waals surface area contributed by atoms with Gasteiger partial charge in [-0.3, -0.25) is 0 Å². The van der Waals surface area contributed by atoms with Crippen molar-refractivity contribution >= 4 is 41.7 Å². The van der Waals surface area contributed by atoms with Crippen molar-refractivity contribution in [2.45, 2.75) is 33.2 Å². The summed E-state index contributed by atoms with van der Waals surface area (Å²) in [5.74, 6) is 0.763. The summed E-state index contributed by atoms with van der Waals surface area (Å²) in [6.45, 7) is 9.12. The van der Waals surface area contributed by atoms with Gasteiger partial charge in [0.05, 0.1) is 13.2 Å². The van der Waals surface area contributed by atoms with Gasteiger partial charge < -0.3 is 25.6 Å². The van der Waals surface area contributed by atoms with Gasteiger partial charge in [-0.2, -0.15) is 0 Å². The van der Waals surface area contributed by atoms with Crippen LogP contribution in [0, 0.1) is 0 Å². The first-order valence-corrected chi connectivity index (χ1v) is 9.47. The maximum atomic E-state index is 12.2. The van der Waals surface area contributed by atoms with Crippen molar-refractivity contribution in [3.63, 3.8) is 0 Å². The number of rotatable bonds is 8. The van der Waals surface area contributed by atoms with Crippen molar-refractivity contribution in [2.75, 3.05) is 44.7 Å². The van der Waals surface area contributed by atoms with Crippen LogP contribution in [0.4, 0.5) is 10.5 Å². The number of hydrogen-bond acceptors (Lipinski definition) is 3. The third-order valence-electron chi connectivity index (χ3n) is 4.08. The van der Waals surface area contributed by atoms with Crippen LogP contribution in [0.15, 0.2) is 29.3 Å². The SMILES string of the molecule is CCNC(=NCc1cccc(NC(=O)N2CCCC2)c1)NCCOCC.I. The molecule has 0 bridgehead atoms. The molecule has 1 aliphatic rings. The summed E-state index contributed by atoms with van der Waals surface area (Å²) in [6, 6.07) is 7.82. The van der Waals surface area contributed by atoms with E-state index in [2.05, 4.69) is 20.9 Å². The van der Waals surface area contributed by atoms with E-state index in [0.29, 0.717) is 26.3 Å². The van der Waals surface area contributed by atoms with E-state index in [1.165, 1.54) is 0 Å². The lowest BCUT2D eigenvalue weighted by molar-refractivity contribution is 0.152. The van der Waals surface area contributed by atoms with Gasteiger partial charge in [0.2, 0.25) is 0 Å². The van der Waals surface area contributed by atoms with Gasteiger partial charge in [-0.05, 0) is 44.4 Å². The monoisotopic (exact) mass is 489 g/mol. The van der Waals surface area contributed by atoms with E-state index in [0.717, 1.165) is 49.7 Å². The topological polar surface area (TPSA) is 78.0 Å². The number of aliphatic imine (C=N–C) groups is 1. The zero-order valence-electron chi connectivity index (χ0n) is 16.3. The van der Waals surface area contributed by atoms with Crippen LogP contribution in [0.2, 0.25) is 0 Å². The Morgan fingerprint density at radius 2 is 2.00 bits per heavy atom. The molecule has 1 aromatic rings. The number of nitrogens with zero attached hydrogens (tertiary/aromatic N) is 2. The average molecular weight is 489 g/mol. The summed E-state index contributed by atoms with van der Waals surface area (Å²) in [5, 5.41) is 9.44. The van der Waals surface area contributed by atoms with Crippen molar-refractivity contribution in [3.8, 4) is 0 Å². The Morgan fingerprint density at radius 1 is 1.22 bits per heavy atom. The molecule has 1 fully saturated rings. The van der Waals surface area contributed by atoms with E-state index in [1.54, 1.807) is 0 Å². The van der Waals surface area contributed by atoms with Crippen LogP contribution < -0.4 is 16.0 Å². The molecule has 0 radical (unpaired) electrons. The van der Waals surface area contributed by atoms with Crippen LogP contribution >= 0.6 is 24.0 Å². The number of benzene rings is 1. The summed E-state index contributed by atoms with van der Waals surface area (Å²) in [6.07, 6.45) is 2.18. The summed E-state index contributed by atoms with van der Waals surface area (Å²) in [5.41, 5.74) is 1.86. The molecule has 1 heterocycles. The van der Waals surface area contributed by atoms with Gasteiger partial charge in [0, 0.05) is 38.5 Å². The molecular formula is C19H32IN5O2. The Balaban J connectivity index is 0.00000364. The lowest BCUT2D eigenvalue weighted by Crippen LogP contribution is -2.39. The van der Waals surface area contributed by atoms with E-state index in [4.69, 9.17) is 4.74 Å². The maximum absolute atomic E-state index is 12.2. The number of halogens is 1. The molecule has 0 aliphatic carbocycles. The first-order valence-electron chi connectivity index (χ1n) is 9.47. The highest BCUT2D eigenvalue weighted by molar-refractivity contribution is 14.0. The zero-order chi connectivity index (χ0) is 18.6. The van der Waals surface area contributed by atoms with Gasteiger partial charge in [-0.15, -0.1) is 24.0 Å². The molecule has 0 aromatic heterocycles.